The molecular formula is C56H37NO. The number of hydrogen-bond acceptors (Lipinski definition) is 2. The van der Waals surface area contributed by atoms with Gasteiger partial charge in [-0.1, -0.05) is 170 Å². The molecule has 0 amide bonds. The topological polar surface area (TPSA) is 16.4 Å². The summed E-state index contributed by atoms with van der Waals surface area (Å²) in [6.07, 6.45) is 0. The summed E-state index contributed by atoms with van der Waals surface area (Å²) in [7, 11) is 0. The van der Waals surface area contributed by atoms with Gasteiger partial charge in [-0.3, -0.25) is 0 Å². The molecule has 0 bridgehead atoms. The van der Waals surface area contributed by atoms with Gasteiger partial charge >= 0.3 is 0 Å². The number of anilines is 3. The zero-order chi connectivity index (χ0) is 38.4. The monoisotopic (exact) mass is 739 g/mol. The first-order chi connectivity index (χ1) is 28.7. The lowest BCUT2D eigenvalue weighted by molar-refractivity contribution is 0.672. The number of hydrogen-bond donors (Lipinski definition) is 0. The third-order valence-corrected chi connectivity index (χ3v) is 11.5. The molecule has 11 aromatic rings. The van der Waals surface area contributed by atoms with Crippen LogP contribution < -0.4 is 4.90 Å². The van der Waals surface area contributed by atoms with Crippen molar-refractivity contribution < 1.29 is 4.42 Å². The third kappa shape index (κ3) is 5.91. The van der Waals surface area contributed by atoms with Crippen LogP contribution in [0.3, 0.4) is 0 Å². The van der Waals surface area contributed by atoms with Crippen LogP contribution in [0, 0.1) is 0 Å². The molecule has 0 spiro atoms. The molecule has 58 heavy (non-hydrogen) atoms. The summed E-state index contributed by atoms with van der Waals surface area (Å²) in [5.41, 5.74) is 14.5. The maximum atomic E-state index is 6.52. The van der Waals surface area contributed by atoms with Crippen LogP contribution in [-0.4, -0.2) is 0 Å². The quantitative estimate of drug-likeness (QED) is 0.162. The average Bonchev–Trinajstić information content (AvgIpc) is 3.68. The summed E-state index contributed by atoms with van der Waals surface area (Å²) >= 11 is 0. The SMILES string of the molecule is c1ccc(-c2ccccc2N(c2ccc(-c3cccc(-c4ccc5ccccc5c4)c3)cc2)c2ccccc2-c2ccc3oc4c5ccccc5ccc4c3c2)cc1. The molecule has 10 aromatic carbocycles. The molecule has 2 nitrogen and oxygen atoms in total. The van der Waals surface area contributed by atoms with Crippen LogP contribution in [0.1, 0.15) is 0 Å². The van der Waals surface area contributed by atoms with Gasteiger partial charge in [0.15, 0.2) is 0 Å². The van der Waals surface area contributed by atoms with Crippen LogP contribution in [0.25, 0.3) is 88.0 Å². The Balaban J connectivity index is 1.04. The number of furan rings is 1. The van der Waals surface area contributed by atoms with Gasteiger partial charge in [0.2, 0.25) is 0 Å². The molecule has 0 saturated carbocycles. The minimum atomic E-state index is 0.888. The predicted octanol–water partition coefficient (Wildman–Crippen LogP) is 16.0. The summed E-state index contributed by atoms with van der Waals surface area (Å²) in [5.74, 6) is 0. The molecule has 11 rings (SSSR count). The van der Waals surface area contributed by atoms with Crippen molar-refractivity contribution >= 4 is 60.5 Å². The molecule has 0 N–H and O–H groups in total. The van der Waals surface area contributed by atoms with Gasteiger partial charge in [0, 0.05) is 33.0 Å². The van der Waals surface area contributed by atoms with E-state index in [1.807, 2.05) is 0 Å². The van der Waals surface area contributed by atoms with Gasteiger partial charge in [-0.15, -0.1) is 0 Å². The molecule has 0 unspecified atom stereocenters. The first-order valence-corrected chi connectivity index (χ1v) is 19.8. The first-order valence-electron chi connectivity index (χ1n) is 19.8. The van der Waals surface area contributed by atoms with E-state index in [1.165, 1.54) is 44.0 Å². The molecule has 1 aromatic heterocycles. The van der Waals surface area contributed by atoms with Crippen molar-refractivity contribution in [1.82, 2.24) is 0 Å². The van der Waals surface area contributed by atoms with Gasteiger partial charge in [-0.25, -0.2) is 0 Å². The van der Waals surface area contributed by atoms with E-state index < -0.39 is 0 Å². The Morgan fingerprint density at radius 1 is 0.293 bits per heavy atom. The molecule has 2 heteroatoms. The number of rotatable bonds is 7. The van der Waals surface area contributed by atoms with E-state index in [0.29, 0.717) is 0 Å². The van der Waals surface area contributed by atoms with Crippen LogP contribution in [0.2, 0.25) is 0 Å². The largest absolute Gasteiger partial charge is 0.455 e. The highest BCUT2D eigenvalue weighted by Crippen LogP contribution is 2.46. The van der Waals surface area contributed by atoms with Gasteiger partial charge in [0.25, 0.3) is 0 Å². The minimum absolute atomic E-state index is 0.888. The highest BCUT2D eigenvalue weighted by atomic mass is 16.3. The Hall–Kier alpha value is -7.68. The maximum Gasteiger partial charge on any atom is 0.143 e. The van der Waals surface area contributed by atoms with Crippen molar-refractivity contribution in [1.29, 1.82) is 0 Å². The maximum absolute atomic E-state index is 6.52. The van der Waals surface area contributed by atoms with E-state index in [0.717, 1.165) is 61.1 Å². The van der Waals surface area contributed by atoms with Crippen molar-refractivity contribution in [2.75, 3.05) is 4.90 Å². The molecule has 0 aliphatic heterocycles. The van der Waals surface area contributed by atoms with E-state index >= 15 is 0 Å². The lowest BCUT2D eigenvalue weighted by atomic mass is 9.96. The van der Waals surface area contributed by atoms with E-state index in [9.17, 15) is 0 Å². The summed E-state index contributed by atoms with van der Waals surface area (Å²) < 4.78 is 6.52. The van der Waals surface area contributed by atoms with Crippen LogP contribution in [0.4, 0.5) is 17.1 Å². The van der Waals surface area contributed by atoms with Crippen LogP contribution in [0.5, 0.6) is 0 Å². The van der Waals surface area contributed by atoms with Gasteiger partial charge in [0.1, 0.15) is 11.2 Å². The van der Waals surface area contributed by atoms with Crippen molar-refractivity contribution in [3.8, 4) is 44.5 Å². The molecule has 0 aliphatic rings. The van der Waals surface area contributed by atoms with Crippen molar-refractivity contribution in [2.45, 2.75) is 0 Å². The summed E-state index contributed by atoms with van der Waals surface area (Å²) in [6.45, 7) is 0. The minimum Gasteiger partial charge on any atom is -0.455 e. The summed E-state index contributed by atoms with van der Waals surface area (Å²) in [5, 5.41) is 7.04. The highest BCUT2D eigenvalue weighted by Gasteiger charge is 2.21. The molecule has 0 fully saturated rings. The van der Waals surface area contributed by atoms with Crippen molar-refractivity contribution in [3.63, 3.8) is 0 Å². The number of nitrogens with zero attached hydrogens (tertiary/aromatic N) is 1. The van der Waals surface area contributed by atoms with Crippen LogP contribution in [0.15, 0.2) is 229 Å². The molecule has 272 valence electrons. The second-order valence-corrected chi connectivity index (χ2v) is 14.9. The Kier molecular flexibility index (Phi) is 8.19. The molecule has 0 radical (unpaired) electrons. The third-order valence-electron chi connectivity index (χ3n) is 11.5. The molecule has 0 saturated heterocycles. The van der Waals surface area contributed by atoms with Crippen LogP contribution in [-0.2, 0) is 0 Å². The Morgan fingerprint density at radius 3 is 1.66 bits per heavy atom. The summed E-state index contributed by atoms with van der Waals surface area (Å²) in [6, 6.07) is 80.7. The summed E-state index contributed by atoms with van der Waals surface area (Å²) in [4.78, 5) is 2.41. The standard InChI is InChI=1S/C56H37NO/c1-2-14-40(15-3-1)48-20-8-10-23-53(48)57(47-31-27-39(28-32-47)43-18-12-19-44(35-43)45-26-25-38-13-4-5-17-42(38)36-45)54-24-11-9-21-49(54)46-30-34-55-52(37-46)51-33-29-41-16-6-7-22-50(41)56(51)58-55/h1-37H. The lowest BCUT2D eigenvalue weighted by Crippen LogP contribution is -2.12. The fourth-order valence-corrected chi connectivity index (χ4v) is 8.57. The van der Waals surface area contributed by atoms with Gasteiger partial charge in [-0.05, 0) is 104 Å². The highest BCUT2D eigenvalue weighted by molar-refractivity contribution is 6.15. The van der Waals surface area contributed by atoms with Crippen molar-refractivity contribution in [3.05, 3.63) is 224 Å². The first kappa shape index (κ1) is 33.6. The smallest absolute Gasteiger partial charge is 0.143 e. The Bertz CT molecular complexity index is 3290. The molecule has 1 heterocycles. The second kappa shape index (κ2) is 14.1. The zero-order valence-electron chi connectivity index (χ0n) is 31.7. The molecule has 0 aliphatic carbocycles. The number of fused-ring (bicyclic) bond motifs is 6. The van der Waals surface area contributed by atoms with Gasteiger partial charge < -0.3 is 9.32 Å². The number of para-hydroxylation sites is 2. The fourth-order valence-electron chi connectivity index (χ4n) is 8.57. The van der Waals surface area contributed by atoms with Gasteiger partial charge in [-0.2, -0.15) is 0 Å². The zero-order valence-corrected chi connectivity index (χ0v) is 31.7. The number of benzene rings is 10. The van der Waals surface area contributed by atoms with E-state index in [1.54, 1.807) is 0 Å². The van der Waals surface area contributed by atoms with E-state index in [2.05, 4.69) is 229 Å². The molecular weight excluding hydrogens is 703 g/mol. The van der Waals surface area contributed by atoms with Crippen LogP contribution >= 0.6 is 0 Å². The fraction of sp³-hybridized carbons (Fsp3) is 0. The normalized spacial score (nSPS) is 11.4. The molecule has 0 atom stereocenters. The Labute approximate surface area is 337 Å². The van der Waals surface area contributed by atoms with E-state index in [-0.39, 0.29) is 0 Å². The second-order valence-electron chi connectivity index (χ2n) is 14.9. The van der Waals surface area contributed by atoms with E-state index in [4.69, 9.17) is 4.42 Å². The lowest BCUT2D eigenvalue weighted by Gasteiger charge is -2.30. The average molecular weight is 740 g/mol. The predicted molar refractivity (Wildman–Crippen MR) is 245 cm³/mol. The van der Waals surface area contributed by atoms with Crippen molar-refractivity contribution in [2.24, 2.45) is 0 Å². The Morgan fingerprint density at radius 2 is 0.862 bits per heavy atom. The van der Waals surface area contributed by atoms with Gasteiger partial charge in [0.05, 0.1) is 11.4 Å².